The van der Waals surface area contributed by atoms with Crippen LogP contribution in [-0.4, -0.2) is 57.9 Å². The number of aliphatic hydroxyl groups excluding tert-OH is 2. The van der Waals surface area contributed by atoms with Crippen molar-refractivity contribution in [2.24, 2.45) is 14.1 Å². The topological polar surface area (TPSA) is 189 Å². The molecule has 13 heteroatoms. The number of aromatic nitrogens is 4. The maximum atomic E-state index is 13.4. The average molecular weight is 517 g/mol. The Morgan fingerprint density at radius 2 is 1.51 bits per heavy atom. The summed E-state index contributed by atoms with van der Waals surface area (Å²) in [4.78, 5) is 54.7. The summed E-state index contributed by atoms with van der Waals surface area (Å²) in [6.07, 6.45) is -2.16. The summed E-state index contributed by atoms with van der Waals surface area (Å²) in [5.41, 5.74) is -3.55. The van der Waals surface area contributed by atoms with E-state index in [9.17, 15) is 39.6 Å². The maximum Gasteiger partial charge on any atom is 0.330 e. The number of aliphatic hydroxyl groups is 2. The lowest BCUT2D eigenvalue weighted by atomic mass is 9.86. The molecule has 0 radical (unpaired) electrons. The highest BCUT2D eigenvalue weighted by Gasteiger charge is 2.37. The number of nitrogens with zero attached hydrogens (tertiary/aromatic N) is 3. The molecule has 3 aromatic rings. The van der Waals surface area contributed by atoms with Gasteiger partial charge in [-0.25, -0.2) is 4.79 Å². The molecule has 0 bridgehead atoms. The Morgan fingerprint density at radius 3 is 1.97 bits per heavy atom. The number of aromatic amines is 1. The molecule has 1 saturated heterocycles. The molecule has 198 valence electrons. The summed E-state index contributed by atoms with van der Waals surface area (Å²) in [5, 5.41) is 41.3. The highest BCUT2D eigenvalue weighted by atomic mass is 16.5. The van der Waals surface area contributed by atoms with Gasteiger partial charge in [-0.3, -0.25) is 23.9 Å². The molecule has 37 heavy (non-hydrogen) atoms. The number of aromatic hydroxyl groups is 2. The molecule has 5 N–H and O–H groups in total. The van der Waals surface area contributed by atoms with E-state index >= 15 is 0 Å². The van der Waals surface area contributed by atoms with Crippen molar-refractivity contribution in [1.82, 2.24) is 18.7 Å². The van der Waals surface area contributed by atoms with E-state index in [1.54, 1.807) is 13.8 Å². The first-order valence-corrected chi connectivity index (χ1v) is 11.5. The number of hydrogen-bond donors (Lipinski definition) is 5. The normalized spacial score (nSPS) is 19.6. The fourth-order valence-electron chi connectivity index (χ4n) is 4.61. The van der Waals surface area contributed by atoms with Gasteiger partial charge in [0.05, 0.1) is 29.8 Å². The summed E-state index contributed by atoms with van der Waals surface area (Å²) >= 11 is 0. The van der Waals surface area contributed by atoms with E-state index < -0.39 is 64.8 Å². The van der Waals surface area contributed by atoms with Crippen LogP contribution in [0.25, 0.3) is 0 Å². The molecule has 1 aliphatic heterocycles. The molecule has 0 spiro atoms. The predicted molar refractivity (Wildman–Crippen MR) is 130 cm³/mol. The van der Waals surface area contributed by atoms with E-state index in [1.165, 1.54) is 35.4 Å². The van der Waals surface area contributed by atoms with Crippen LogP contribution in [0, 0.1) is 13.8 Å². The Bertz CT molecular complexity index is 1540. The zero-order valence-corrected chi connectivity index (χ0v) is 20.6. The van der Waals surface area contributed by atoms with Gasteiger partial charge in [-0.1, -0.05) is 0 Å². The van der Waals surface area contributed by atoms with Gasteiger partial charge in [-0.15, -0.1) is 0 Å². The van der Waals surface area contributed by atoms with Crippen LogP contribution in [0.15, 0.2) is 37.5 Å². The third-order valence-corrected chi connectivity index (χ3v) is 6.95. The quantitative estimate of drug-likeness (QED) is 0.277. The largest absolute Gasteiger partial charge is 0.507 e. The van der Waals surface area contributed by atoms with Gasteiger partial charge in [0.1, 0.15) is 23.8 Å². The van der Waals surface area contributed by atoms with Crippen molar-refractivity contribution < 1.29 is 25.2 Å². The first-order valence-electron chi connectivity index (χ1n) is 11.5. The average Bonchev–Trinajstić information content (AvgIpc) is 3.20. The molecule has 13 nitrogen and oxygen atoms in total. The van der Waals surface area contributed by atoms with Crippen LogP contribution in [0.5, 0.6) is 11.5 Å². The van der Waals surface area contributed by atoms with Gasteiger partial charge in [-0.2, -0.15) is 0 Å². The lowest BCUT2D eigenvalue weighted by molar-refractivity contribution is -0.0460. The number of H-pyrrole nitrogens is 1. The maximum absolute atomic E-state index is 13.4. The molecule has 0 saturated carbocycles. The second-order valence-corrected chi connectivity index (χ2v) is 9.20. The smallest absolute Gasteiger partial charge is 0.330 e. The number of aryl methyl sites for hydroxylation is 2. The minimum atomic E-state index is -1.59. The van der Waals surface area contributed by atoms with Crippen molar-refractivity contribution in [2.75, 3.05) is 6.61 Å². The van der Waals surface area contributed by atoms with E-state index in [0.717, 1.165) is 10.8 Å². The van der Waals surface area contributed by atoms with Gasteiger partial charge in [0.15, 0.2) is 0 Å². The van der Waals surface area contributed by atoms with Crippen LogP contribution >= 0.6 is 0 Å². The van der Waals surface area contributed by atoms with E-state index in [4.69, 9.17) is 4.74 Å². The first-order chi connectivity index (χ1) is 17.4. The first kappa shape index (κ1) is 26.1. The third-order valence-electron chi connectivity index (χ3n) is 6.95. The van der Waals surface area contributed by atoms with Crippen molar-refractivity contribution in [3.63, 3.8) is 0 Å². The number of rotatable bonds is 5. The van der Waals surface area contributed by atoms with Gasteiger partial charge in [0.2, 0.25) is 0 Å². The Balaban J connectivity index is 2.08. The van der Waals surface area contributed by atoms with E-state index in [2.05, 4.69) is 4.98 Å². The predicted octanol–water partition coefficient (Wildman–Crippen LogP) is -1.22. The van der Waals surface area contributed by atoms with Crippen molar-refractivity contribution in [2.45, 2.75) is 44.6 Å². The van der Waals surface area contributed by atoms with Crippen LogP contribution in [0.4, 0.5) is 0 Å². The van der Waals surface area contributed by atoms with Gasteiger partial charge in [-0.05, 0) is 26.0 Å². The molecule has 1 aliphatic rings. The summed E-state index contributed by atoms with van der Waals surface area (Å²) in [5.74, 6) is -2.62. The van der Waals surface area contributed by atoms with E-state index in [1.807, 2.05) is 0 Å². The van der Waals surface area contributed by atoms with Crippen molar-refractivity contribution in [1.29, 1.82) is 0 Å². The molecule has 0 aliphatic carbocycles. The molecule has 3 atom stereocenters. The van der Waals surface area contributed by atoms with Crippen LogP contribution < -0.4 is 22.4 Å². The fourth-order valence-corrected chi connectivity index (χ4v) is 4.61. The summed E-state index contributed by atoms with van der Waals surface area (Å²) in [6.45, 7) is 2.65. The zero-order chi connectivity index (χ0) is 27.3. The Kier molecular flexibility index (Phi) is 6.71. The third kappa shape index (κ3) is 4.30. The van der Waals surface area contributed by atoms with E-state index in [0.29, 0.717) is 11.4 Å². The van der Waals surface area contributed by atoms with E-state index in [-0.39, 0.29) is 23.1 Å². The second-order valence-electron chi connectivity index (χ2n) is 9.20. The highest BCUT2D eigenvalue weighted by Crippen LogP contribution is 2.36. The number of hydrogen-bond acceptors (Lipinski definition) is 9. The van der Waals surface area contributed by atoms with Crippen molar-refractivity contribution in [3.8, 4) is 11.5 Å². The SMILES string of the molecule is Cc1cc(O)c(C(c2cn([C@H]3C[C@H](O)[C@@H](CO)O3)c(=O)[nH]c2=O)c2c(O)cc(C)n(C)c2=O)c(=O)n1C. The minimum Gasteiger partial charge on any atom is -0.507 e. The summed E-state index contributed by atoms with van der Waals surface area (Å²) in [6, 6.07) is 2.57. The molecule has 0 aromatic carbocycles. The van der Waals surface area contributed by atoms with Crippen LogP contribution in [0.3, 0.4) is 0 Å². The molecular formula is C24H28N4O9. The van der Waals surface area contributed by atoms with Crippen molar-refractivity contribution in [3.05, 3.63) is 88.0 Å². The fraction of sp³-hybridized carbons (Fsp3) is 0.417. The number of ether oxygens (including phenoxy) is 1. The highest BCUT2D eigenvalue weighted by molar-refractivity contribution is 5.51. The van der Waals surface area contributed by atoms with Gasteiger partial charge in [0, 0.05) is 43.7 Å². The monoisotopic (exact) mass is 516 g/mol. The van der Waals surface area contributed by atoms with Crippen LogP contribution in [0.1, 0.15) is 46.6 Å². The molecule has 4 rings (SSSR count). The molecule has 0 unspecified atom stereocenters. The molecule has 4 heterocycles. The van der Waals surface area contributed by atoms with Gasteiger partial charge < -0.3 is 34.3 Å². The molecular weight excluding hydrogens is 488 g/mol. The molecule has 0 amide bonds. The Morgan fingerprint density at radius 1 is 1.00 bits per heavy atom. The standard InChI is InChI=1S/C24H28N4O9/c1-10-5-14(31)19(22(34)26(10)3)18(20-15(32)6-11(2)27(4)23(20)35)12-8-28(24(36)25-21(12)33)17-7-13(30)16(9-29)37-17/h5-6,8,13,16-18,29-32H,7,9H2,1-4H3,(H,25,33,36)/t13-,16+,17+/m0/s1. The lowest BCUT2D eigenvalue weighted by Gasteiger charge is -2.23. The van der Waals surface area contributed by atoms with Gasteiger partial charge in [0.25, 0.3) is 16.7 Å². The lowest BCUT2D eigenvalue weighted by Crippen LogP contribution is -2.38. The number of pyridine rings is 2. The second kappa shape index (κ2) is 9.50. The van der Waals surface area contributed by atoms with Crippen LogP contribution in [-0.2, 0) is 18.8 Å². The minimum absolute atomic E-state index is 0.0869. The molecule has 1 fully saturated rings. The Hall–Kier alpha value is -3.94. The summed E-state index contributed by atoms with van der Waals surface area (Å²) < 4.78 is 8.94. The molecule has 3 aromatic heterocycles. The van der Waals surface area contributed by atoms with Gasteiger partial charge >= 0.3 is 5.69 Å². The summed E-state index contributed by atoms with van der Waals surface area (Å²) in [7, 11) is 2.89. The Labute approximate surface area is 209 Å². The number of nitrogens with one attached hydrogen (secondary N) is 1. The van der Waals surface area contributed by atoms with Crippen molar-refractivity contribution >= 4 is 0 Å². The zero-order valence-electron chi connectivity index (χ0n) is 20.6. The van der Waals surface area contributed by atoms with Crippen LogP contribution in [0.2, 0.25) is 0 Å².